The van der Waals surface area contributed by atoms with Crippen LogP contribution in [0.1, 0.15) is 24.2 Å². The van der Waals surface area contributed by atoms with Gasteiger partial charge in [0.05, 0.1) is 6.61 Å². The summed E-state index contributed by atoms with van der Waals surface area (Å²) in [4.78, 5) is 15.8. The second kappa shape index (κ2) is 8.09. The molecule has 1 atom stereocenters. The first-order valence-corrected chi connectivity index (χ1v) is 6.93. The second-order valence-corrected chi connectivity index (χ2v) is 4.64. The van der Waals surface area contributed by atoms with Gasteiger partial charge in [-0.1, -0.05) is 41.6 Å². The van der Waals surface area contributed by atoms with Crippen LogP contribution in [0.25, 0.3) is 0 Å². The largest absolute Gasteiger partial charge is 0.454 e. The van der Waals surface area contributed by atoms with Crippen LogP contribution in [0.5, 0.6) is 0 Å². The van der Waals surface area contributed by atoms with Gasteiger partial charge in [-0.3, -0.25) is 0 Å². The van der Waals surface area contributed by atoms with Crippen molar-refractivity contribution in [2.75, 3.05) is 6.61 Å². The fourth-order valence-electron chi connectivity index (χ4n) is 1.73. The van der Waals surface area contributed by atoms with E-state index < -0.39 is 12.1 Å². The van der Waals surface area contributed by atoms with Crippen molar-refractivity contribution in [1.29, 1.82) is 0 Å². The standard InChI is InChI=1S/C16H18N2O4/c1-3-9-20-12(2)16(19)21-11-15-17-14(18-22-15)10-13-7-5-4-6-8-13/h3-8,12H,1,9-11H2,2H3. The molecule has 6 nitrogen and oxygen atoms in total. The Hall–Kier alpha value is -2.47. The molecular weight excluding hydrogens is 284 g/mol. The molecule has 0 saturated carbocycles. The van der Waals surface area contributed by atoms with Gasteiger partial charge < -0.3 is 14.0 Å². The van der Waals surface area contributed by atoms with Crippen molar-refractivity contribution in [3.8, 4) is 0 Å². The van der Waals surface area contributed by atoms with Crippen LogP contribution >= 0.6 is 0 Å². The summed E-state index contributed by atoms with van der Waals surface area (Å²) in [7, 11) is 0. The summed E-state index contributed by atoms with van der Waals surface area (Å²) in [6, 6.07) is 9.80. The first kappa shape index (κ1) is 15.9. The molecule has 0 aliphatic heterocycles. The molecule has 1 heterocycles. The molecule has 1 aromatic carbocycles. The highest BCUT2D eigenvalue weighted by Gasteiger charge is 2.16. The van der Waals surface area contributed by atoms with Gasteiger partial charge in [0.1, 0.15) is 0 Å². The molecule has 22 heavy (non-hydrogen) atoms. The van der Waals surface area contributed by atoms with Crippen molar-refractivity contribution in [2.45, 2.75) is 26.1 Å². The Kier molecular flexibility index (Phi) is 5.85. The van der Waals surface area contributed by atoms with Crippen LogP contribution in [-0.4, -0.2) is 28.8 Å². The molecule has 0 saturated heterocycles. The molecule has 0 fully saturated rings. The predicted molar refractivity (Wildman–Crippen MR) is 79.0 cm³/mol. The molecule has 1 unspecified atom stereocenters. The van der Waals surface area contributed by atoms with Gasteiger partial charge in [0, 0.05) is 6.42 Å². The Morgan fingerprint density at radius 3 is 2.91 bits per heavy atom. The van der Waals surface area contributed by atoms with Crippen LogP contribution < -0.4 is 0 Å². The van der Waals surface area contributed by atoms with Gasteiger partial charge in [0.25, 0.3) is 5.89 Å². The van der Waals surface area contributed by atoms with E-state index in [2.05, 4.69) is 16.7 Å². The molecule has 2 aromatic rings. The molecular formula is C16H18N2O4. The van der Waals surface area contributed by atoms with Crippen LogP contribution in [0, 0.1) is 0 Å². The minimum Gasteiger partial charge on any atom is -0.454 e. The summed E-state index contributed by atoms with van der Waals surface area (Å²) in [5.41, 5.74) is 1.08. The lowest BCUT2D eigenvalue weighted by atomic mass is 10.1. The number of ether oxygens (including phenoxy) is 2. The lowest BCUT2D eigenvalue weighted by Crippen LogP contribution is -2.23. The number of carbonyl (C=O) groups excluding carboxylic acids is 1. The third-order valence-electron chi connectivity index (χ3n) is 2.85. The molecule has 116 valence electrons. The van der Waals surface area contributed by atoms with E-state index in [1.807, 2.05) is 30.3 Å². The van der Waals surface area contributed by atoms with Crippen molar-refractivity contribution in [2.24, 2.45) is 0 Å². The number of nitrogens with zero attached hydrogens (tertiary/aromatic N) is 2. The first-order chi connectivity index (χ1) is 10.7. The Balaban J connectivity index is 1.82. The Morgan fingerprint density at radius 1 is 1.41 bits per heavy atom. The summed E-state index contributed by atoms with van der Waals surface area (Å²) in [6.45, 7) is 5.35. The fraction of sp³-hybridized carbons (Fsp3) is 0.312. The molecule has 6 heteroatoms. The number of esters is 1. The van der Waals surface area contributed by atoms with Gasteiger partial charge in [-0.05, 0) is 12.5 Å². The van der Waals surface area contributed by atoms with Crippen molar-refractivity contribution in [3.05, 3.63) is 60.3 Å². The van der Waals surface area contributed by atoms with Gasteiger partial charge in [-0.2, -0.15) is 4.98 Å². The zero-order valence-electron chi connectivity index (χ0n) is 12.4. The van der Waals surface area contributed by atoms with Gasteiger partial charge >= 0.3 is 5.97 Å². The minimum atomic E-state index is -0.662. The zero-order chi connectivity index (χ0) is 15.8. The maximum Gasteiger partial charge on any atom is 0.335 e. The number of aromatic nitrogens is 2. The molecule has 0 radical (unpaired) electrons. The fourth-order valence-corrected chi connectivity index (χ4v) is 1.73. The van der Waals surface area contributed by atoms with Crippen LogP contribution in [0.15, 0.2) is 47.5 Å². The minimum absolute atomic E-state index is 0.0671. The average Bonchev–Trinajstić information content (AvgIpc) is 2.98. The number of benzene rings is 1. The van der Waals surface area contributed by atoms with E-state index in [0.29, 0.717) is 12.2 Å². The summed E-state index contributed by atoms with van der Waals surface area (Å²) in [5, 5.41) is 3.86. The zero-order valence-corrected chi connectivity index (χ0v) is 12.4. The van der Waals surface area contributed by atoms with Crippen LogP contribution in [0.3, 0.4) is 0 Å². The van der Waals surface area contributed by atoms with Gasteiger partial charge in [-0.25, -0.2) is 4.79 Å². The SMILES string of the molecule is C=CCOC(C)C(=O)OCc1nc(Cc2ccccc2)no1. The molecule has 0 aliphatic carbocycles. The third kappa shape index (κ3) is 4.82. The summed E-state index contributed by atoms with van der Waals surface area (Å²) < 4.78 is 15.3. The van der Waals surface area contributed by atoms with E-state index in [1.54, 1.807) is 13.0 Å². The smallest absolute Gasteiger partial charge is 0.335 e. The van der Waals surface area contributed by atoms with Crippen molar-refractivity contribution in [1.82, 2.24) is 10.1 Å². The molecule has 0 aliphatic rings. The highest BCUT2D eigenvalue weighted by molar-refractivity contribution is 5.74. The van der Waals surface area contributed by atoms with Crippen molar-refractivity contribution in [3.63, 3.8) is 0 Å². The van der Waals surface area contributed by atoms with E-state index in [4.69, 9.17) is 14.0 Å². The van der Waals surface area contributed by atoms with Gasteiger partial charge in [-0.15, -0.1) is 6.58 Å². The van der Waals surface area contributed by atoms with Crippen LogP contribution in [0.4, 0.5) is 0 Å². The third-order valence-corrected chi connectivity index (χ3v) is 2.85. The summed E-state index contributed by atoms with van der Waals surface area (Å²) in [5.74, 6) is 0.327. The molecule has 1 aromatic heterocycles. The maximum absolute atomic E-state index is 11.6. The molecule has 0 N–H and O–H groups in total. The lowest BCUT2D eigenvalue weighted by molar-refractivity contribution is -0.157. The first-order valence-electron chi connectivity index (χ1n) is 6.93. The normalized spacial score (nSPS) is 11.9. The van der Waals surface area contributed by atoms with Gasteiger partial charge in [0.15, 0.2) is 18.5 Å². The average molecular weight is 302 g/mol. The molecule has 0 spiro atoms. The van der Waals surface area contributed by atoms with E-state index in [9.17, 15) is 4.79 Å². The maximum atomic E-state index is 11.6. The van der Waals surface area contributed by atoms with E-state index in [-0.39, 0.29) is 19.1 Å². The Morgan fingerprint density at radius 2 is 2.18 bits per heavy atom. The number of hydrogen-bond donors (Lipinski definition) is 0. The number of rotatable bonds is 8. The van der Waals surface area contributed by atoms with E-state index >= 15 is 0 Å². The quantitative estimate of drug-likeness (QED) is 0.550. The second-order valence-electron chi connectivity index (χ2n) is 4.64. The Bertz CT molecular complexity index is 610. The topological polar surface area (TPSA) is 74.5 Å². The van der Waals surface area contributed by atoms with E-state index in [1.165, 1.54) is 0 Å². The Labute approximate surface area is 128 Å². The van der Waals surface area contributed by atoms with Crippen LogP contribution in [0.2, 0.25) is 0 Å². The lowest BCUT2D eigenvalue weighted by Gasteiger charge is -2.09. The van der Waals surface area contributed by atoms with Crippen molar-refractivity contribution < 1.29 is 18.8 Å². The predicted octanol–water partition coefficient (Wildman–Crippen LogP) is 2.29. The monoisotopic (exact) mass is 302 g/mol. The molecule has 0 amide bonds. The number of carbonyl (C=O) groups is 1. The van der Waals surface area contributed by atoms with Gasteiger partial charge in [0.2, 0.25) is 0 Å². The van der Waals surface area contributed by atoms with Crippen molar-refractivity contribution >= 4 is 5.97 Å². The van der Waals surface area contributed by atoms with Crippen LogP contribution in [-0.2, 0) is 27.3 Å². The molecule has 0 bridgehead atoms. The van der Waals surface area contributed by atoms with E-state index in [0.717, 1.165) is 5.56 Å². The summed E-state index contributed by atoms with van der Waals surface area (Å²) in [6.07, 6.45) is 1.47. The molecule has 2 rings (SSSR count). The number of hydrogen-bond acceptors (Lipinski definition) is 6. The highest BCUT2D eigenvalue weighted by Crippen LogP contribution is 2.07. The highest BCUT2D eigenvalue weighted by atomic mass is 16.6. The summed E-state index contributed by atoms with van der Waals surface area (Å²) >= 11 is 0.